The fourth-order valence-corrected chi connectivity index (χ4v) is 3.71. The number of likely N-dealkylation sites (tertiary alicyclic amines) is 1. The molecule has 2 heterocycles. The van der Waals surface area contributed by atoms with Crippen molar-refractivity contribution in [1.29, 1.82) is 0 Å². The SMILES string of the molecule is COc1ccc(C=CC(=O)N2CCC(c3ccsc3)C2)cc1OC. The van der Waals surface area contributed by atoms with E-state index in [0.717, 1.165) is 25.1 Å². The van der Waals surface area contributed by atoms with E-state index >= 15 is 0 Å². The molecule has 0 aliphatic carbocycles. The highest BCUT2D eigenvalue weighted by atomic mass is 32.1. The van der Waals surface area contributed by atoms with Gasteiger partial charge in [-0.25, -0.2) is 0 Å². The predicted octanol–water partition coefficient (Wildman–Crippen LogP) is 3.79. The number of hydrogen-bond acceptors (Lipinski definition) is 4. The molecule has 0 radical (unpaired) electrons. The van der Waals surface area contributed by atoms with Crippen LogP contribution in [0, 0.1) is 0 Å². The maximum atomic E-state index is 12.4. The second kappa shape index (κ2) is 7.53. The zero-order valence-corrected chi connectivity index (χ0v) is 14.7. The van der Waals surface area contributed by atoms with Gasteiger partial charge in [0.05, 0.1) is 14.2 Å². The molecule has 24 heavy (non-hydrogen) atoms. The van der Waals surface area contributed by atoms with Crippen molar-refractivity contribution in [1.82, 2.24) is 4.90 Å². The first-order valence-electron chi connectivity index (χ1n) is 7.92. The van der Waals surface area contributed by atoms with Crippen molar-refractivity contribution < 1.29 is 14.3 Å². The van der Waals surface area contributed by atoms with Crippen LogP contribution in [0.1, 0.15) is 23.5 Å². The summed E-state index contributed by atoms with van der Waals surface area (Å²) in [6.45, 7) is 1.61. The van der Waals surface area contributed by atoms with Crippen LogP contribution in [-0.2, 0) is 4.79 Å². The van der Waals surface area contributed by atoms with Crippen LogP contribution in [0.15, 0.2) is 41.1 Å². The first kappa shape index (κ1) is 16.6. The van der Waals surface area contributed by atoms with Gasteiger partial charge >= 0.3 is 0 Å². The van der Waals surface area contributed by atoms with Gasteiger partial charge in [0.25, 0.3) is 0 Å². The van der Waals surface area contributed by atoms with Gasteiger partial charge in [0.2, 0.25) is 5.91 Å². The number of thiophene rings is 1. The molecule has 0 bridgehead atoms. The van der Waals surface area contributed by atoms with E-state index in [2.05, 4.69) is 16.8 Å². The molecular formula is C19H21NO3S. The third-order valence-electron chi connectivity index (χ3n) is 4.34. The Morgan fingerprint density at radius 1 is 1.25 bits per heavy atom. The molecule has 1 saturated heterocycles. The third kappa shape index (κ3) is 3.62. The lowest BCUT2D eigenvalue weighted by Crippen LogP contribution is -2.26. The Bertz CT molecular complexity index is 724. The van der Waals surface area contributed by atoms with Crippen LogP contribution in [0.5, 0.6) is 11.5 Å². The number of rotatable bonds is 5. The molecule has 3 rings (SSSR count). The highest BCUT2D eigenvalue weighted by Gasteiger charge is 2.26. The number of hydrogen-bond donors (Lipinski definition) is 0. The zero-order chi connectivity index (χ0) is 16.9. The lowest BCUT2D eigenvalue weighted by molar-refractivity contribution is -0.124. The topological polar surface area (TPSA) is 38.8 Å². The van der Waals surface area contributed by atoms with Crippen molar-refractivity contribution in [3.63, 3.8) is 0 Å². The number of carbonyl (C=O) groups is 1. The van der Waals surface area contributed by atoms with E-state index in [4.69, 9.17) is 9.47 Å². The van der Waals surface area contributed by atoms with Crippen molar-refractivity contribution in [3.8, 4) is 11.5 Å². The molecule has 1 aromatic heterocycles. The predicted molar refractivity (Wildman–Crippen MR) is 96.8 cm³/mol. The average Bonchev–Trinajstić information content (AvgIpc) is 3.30. The summed E-state index contributed by atoms with van der Waals surface area (Å²) in [4.78, 5) is 14.3. The summed E-state index contributed by atoms with van der Waals surface area (Å²) in [6, 6.07) is 7.76. The lowest BCUT2D eigenvalue weighted by atomic mass is 10.0. The molecule has 1 aliphatic heterocycles. The van der Waals surface area contributed by atoms with Crippen LogP contribution < -0.4 is 9.47 Å². The molecule has 4 nitrogen and oxygen atoms in total. The summed E-state index contributed by atoms with van der Waals surface area (Å²) in [7, 11) is 3.21. The van der Waals surface area contributed by atoms with Gasteiger partial charge < -0.3 is 14.4 Å². The van der Waals surface area contributed by atoms with Crippen molar-refractivity contribution >= 4 is 23.3 Å². The van der Waals surface area contributed by atoms with Gasteiger partial charge in [-0.15, -0.1) is 0 Å². The molecule has 1 unspecified atom stereocenters. The molecule has 1 aromatic carbocycles. The van der Waals surface area contributed by atoms with E-state index in [1.54, 1.807) is 31.6 Å². The minimum atomic E-state index is 0.0579. The molecule has 1 amide bonds. The molecular weight excluding hydrogens is 322 g/mol. The van der Waals surface area contributed by atoms with Crippen molar-refractivity contribution in [2.75, 3.05) is 27.3 Å². The van der Waals surface area contributed by atoms with Gasteiger partial charge in [-0.1, -0.05) is 6.07 Å². The Hall–Kier alpha value is -2.27. The molecule has 2 aromatic rings. The summed E-state index contributed by atoms with van der Waals surface area (Å²) in [5.74, 6) is 1.86. The number of carbonyl (C=O) groups excluding carboxylic acids is 1. The summed E-state index contributed by atoms with van der Waals surface area (Å²) in [5.41, 5.74) is 2.26. The molecule has 0 spiro atoms. The van der Waals surface area contributed by atoms with Gasteiger partial charge in [0, 0.05) is 25.1 Å². The number of nitrogens with zero attached hydrogens (tertiary/aromatic N) is 1. The van der Waals surface area contributed by atoms with Crippen molar-refractivity contribution in [2.24, 2.45) is 0 Å². The van der Waals surface area contributed by atoms with Gasteiger partial charge in [-0.2, -0.15) is 11.3 Å². The first-order valence-corrected chi connectivity index (χ1v) is 8.86. The fourth-order valence-electron chi connectivity index (χ4n) is 2.97. The van der Waals surface area contributed by atoms with Crippen LogP contribution in [0.3, 0.4) is 0 Å². The van der Waals surface area contributed by atoms with Crippen molar-refractivity contribution in [3.05, 3.63) is 52.2 Å². The monoisotopic (exact) mass is 343 g/mol. The Kier molecular flexibility index (Phi) is 5.20. The van der Waals surface area contributed by atoms with E-state index in [-0.39, 0.29) is 5.91 Å². The maximum absolute atomic E-state index is 12.4. The average molecular weight is 343 g/mol. The maximum Gasteiger partial charge on any atom is 0.246 e. The van der Waals surface area contributed by atoms with E-state index in [1.165, 1.54) is 5.56 Å². The highest BCUT2D eigenvalue weighted by molar-refractivity contribution is 7.08. The Morgan fingerprint density at radius 3 is 2.79 bits per heavy atom. The van der Waals surface area contributed by atoms with Gasteiger partial charge in [-0.05, 0) is 52.6 Å². The summed E-state index contributed by atoms with van der Waals surface area (Å²) < 4.78 is 10.5. The van der Waals surface area contributed by atoms with E-state index in [1.807, 2.05) is 29.2 Å². The van der Waals surface area contributed by atoms with E-state index in [9.17, 15) is 4.79 Å². The molecule has 126 valence electrons. The number of benzene rings is 1. The second-order valence-electron chi connectivity index (χ2n) is 5.77. The smallest absolute Gasteiger partial charge is 0.246 e. The second-order valence-corrected chi connectivity index (χ2v) is 6.55. The van der Waals surface area contributed by atoms with Crippen molar-refractivity contribution in [2.45, 2.75) is 12.3 Å². The molecule has 5 heteroatoms. The Labute approximate surface area is 146 Å². The molecule has 1 atom stereocenters. The molecule has 1 fully saturated rings. The highest BCUT2D eigenvalue weighted by Crippen LogP contribution is 2.30. The lowest BCUT2D eigenvalue weighted by Gasteiger charge is -2.14. The minimum Gasteiger partial charge on any atom is -0.493 e. The quantitative estimate of drug-likeness (QED) is 0.775. The van der Waals surface area contributed by atoms with Crippen LogP contribution in [-0.4, -0.2) is 38.1 Å². The fraction of sp³-hybridized carbons (Fsp3) is 0.316. The molecule has 0 N–H and O–H groups in total. The van der Waals surface area contributed by atoms with Crippen LogP contribution in [0.25, 0.3) is 6.08 Å². The van der Waals surface area contributed by atoms with Gasteiger partial charge in [0.15, 0.2) is 11.5 Å². The van der Waals surface area contributed by atoms with E-state index < -0.39 is 0 Å². The summed E-state index contributed by atoms with van der Waals surface area (Å²) >= 11 is 1.71. The van der Waals surface area contributed by atoms with Gasteiger partial charge in [-0.3, -0.25) is 4.79 Å². The minimum absolute atomic E-state index is 0.0579. The summed E-state index contributed by atoms with van der Waals surface area (Å²) in [6.07, 6.45) is 4.49. The first-order chi connectivity index (χ1) is 11.7. The standard InChI is InChI=1S/C19H21NO3S/c1-22-17-5-3-14(11-18(17)23-2)4-6-19(21)20-9-7-15(12-20)16-8-10-24-13-16/h3-6,8,10-11,13,15H,7,9,12H2,1-2H3. The van der Waals surface area contributed by atoms with Crippen LogP contribution in [0.4, 0.5) is 0 Å². The Morgan fingerprint density at radius 2 is 2.08 bits per heavy atom. The normalized spacial score (nSPS) is 17.4. The number of ether oxygens (including phenoxy) is 2. The van der Waals surface area contributed by atoms with Crippen LogP contribution >= 0.6 is 11.3 Å². The molecule has 1 aliphatic rings. The van der Waals surface area contributed by atoms with Gasteiger partial charge in [0.1, 0.15) is 0 Å². The molecule has 0 saturated carbocycles. The number of methoxy groups -OCH3 is 2. The largest absolute Gasteiger partial charge is 0.493 e. The van der Waals surface area contributed by atoms with Crippen LogP contribution in [0.2, 0.25) is 0 Å². The van der Waals surface area contributed by atoms with E-state index in [0.29, 0.717) is 17.4 Å². The third-order valence-corrected chi connectivity index (χ3v) is 5.04. The Balaban J connectivity index is 1.63. The zero-order valence-electron chi connectivity index (χ0n) is 13.9. The summed E-state index contributed by atoms with van der Waals surface area (Å²) in [5, 5.41) is 4.27. The number of amides is 1.